The highest BCUT2D eigenvalue weighted by atomic mass is 16.5. The Bertz CT molecular complexity index is 890. The number of nitrogens with two attached hydrogens (primary N) is 2. The van der Waals surface area contributed by atoms with Crippen molar-refractivity contribution in [3.05, 3.63) is 66.9 Å². The highest BCUT2D eigenvalue weighted by molar-refractivity contribution is 5.95. The van der Waals surface area contributed by atoms with Crippen LogP contribution in [0.2, 0.25) is 0 Å². The van der Waals surface area contributed by atoms with Crippen molar-refractivity contribution in [3.8, 4) is 16.9 Å². The second kappa shape index (κ2) is 7.35. The Morgan fingerprint density at radius 2 is 1.88 bits per heavy atom. The Balaban J connectivity index is 1.77. The summed E-state index contributed by atoms with van der Waals surface area (Å²) in [7, 11) is 1.60. The number of rotatable bonds is 4. The standard InChI is InChI=1S/C19H19N5O/c1-25-17-8-3-2-7-16(17)23-19(21)24-18-10-9-14(12-22-18)13-5-4-6-15(20)11-13/h2-12H,20H2,1H3,(H3,21,22,23,24). The molecule has 0 unspecified atom stereocenters. The summed E-state index contributed by atoms with van der Waals surface area (Å²) in [5.41, 5.74) is 15.2. The second-order valence-corrected chi connectivity index (χ2v) is 5.35. The number of nitrogens with one attached hydrogen (secondary N) is 1. The summed E-state index contributed by atoms with van der Waals surface area (Å²) in [6.45, 7) is 0. The van der Waals surface area contributed by atoms with Gasteiger partial charge in [-0.3, -0.25) is 0 Å². The van der Waals surface area contributed by atoms with Crippen LogP contribution in [-0.4, -0.2) is 18.1 Å². The maximum absolute atomic E-state index is 5.96. The van der Waals surface area contributed by atoms with E-state index in [1.165, 1.54) is 0 Å². The SMILES string of the molecule is COc1ccccc1NC(N)=Nc1ccc(-c2cccc(N)c2)cn1. The molecular weight excluding hydrogens is 314 g/mol. The first-order valence-electron chi connectivity index (χ1n) is 7.72. The molecule has 0 spiro atoms. The Hall–Kier alpha value is -3.54. The fraction of sp³-hybridized carbons (Fsp3) is 0.0526. The molecule has 5 N–H and O–H groups in total. The van der Waals surface area contributed by atoms with Crippen LogP contribution in [0.15, 0.2) is 71.9 Å². The number of anilines is 2. The van der Waals surface area contributed by atoms with E-state index in [0.29, 0.717) is 17.3 Å². The zero-order valence-corrected chi connectivity index (χ0v) is 13.8. The molecule has 0 atom stereocenters. The number of nitrogen functional groups attached to an aromatic ring is 1. The molecule has 0 bridgehead atoms. The molecule has 0 radical (unpaired) electrons. The van der Waals surface area contributed by atoms with E-state index in [-0.39, 0.29) is 5.96 Å². The van der Waals surface area contributed by atoms with E-state index in [1.807, 2.05) is 54.6 Å². The third kappa shape index (κ3) is 4.06. The zero-order chi connectivity index (χ0) is 17.6. The number of nitrogens with zero attached hydrogens (tertiary/aromatic N) is 2. The van der Waals surface area contributed by atoms with Crippen LogP contribution < -0.4 is 21.5 Å². The van der Waals surface area contributed by atoms with Gasteiger partial charge in [0.1, 0.15) is 5.75 Å². The Morgan fingerprint density at radius 1 is 1.04 bits per heavy atom. The van der Waals surface area contributed by atoms with Crippen LogP contribution in [0.1, 0.15) is 0 Å². The number of hydrogen-bond donors (Lipinski definition) is 3. The highest BCUT2D eigenvalue weighted by Crippen LogP contribution is 2.24. The van der Waals surface area contributed by atoms with Gasteiger partial charge in [0, 0.05) is 17.4 Å². The van der Waals surface area contributed by atoms with E-state index in [2.05, 4.69) is 15.3 Å². The lowest BCUT2D eigenvalue weighted by Crippen LogP contribution is -2.22. The molecule has 126 valence electrons. The van der Waals surface area contributed by atoms with E-state index in [9.17, 15) is 0 Å². The lowest BCUT2D eigenvalue weighted by Gasteiger charge is -2.10. The summed E-state index contributed by atoms with van der Waals surface area (Å²) in [5, 5.41) is 3.01. The first kappa shape index (κ1) is 16.3. The van der Waals surface area contributed by atoms with E-state index in [0.717, 1.165) is 16.8 Å². The molecule has 1 heterocycles. The smallest absolute Gasteiger partial charge is 0.199 e. The quantitative estimate of drug-likeness (QED) is 0.386. The van der Waals surface area contributed by atoms with Gasteiger partial charge in [-0.25, -0.2) is 4.98 Å². The summed E-state index contributed by atoms with van der Waals surface area (Å²) in [4.78, 5) is 8.60. The van der Waals surface area contributed by atoms with Gasteiger partial charge < -0.3 is 21.5 Å². The van der Waals surface area contributed by atoms with Gasteiger partial charge in [0.15, 0.2) is 11.8 Å². The van der Waals surface area contributed by atoms with E-state index >= 15 is 0 Å². The highest BCUT2D eigenvalue weighted by Gasteiger charge is 2.04. The normalized spacial score (nSPS) is 11.2. The number of methoxy groups -OCH3 is 1. The number of para-hydroxylation sites is 2. The molecule has 2 aromatic carbocycles. The van der Waals surface area contributed by atoms with Gasteiger partial charge >= 0.3 is 0 Å². The number of guanidine groups is 1. The van der Waals surface area contributed by atoms with E-state index < -0.39 is 0 Å². The number of aliphatic imine (C=N–C) groups is 1. The molecule has 0 saturated heterocycles. The number of hydrogen-bond acceptors (Lipinski definition) is 4. The van der Waals surface area contributed by atoms with Gasteiger partial charge in [0.2, 0.25) is 0 Å². The molecular formula is C19H19N5O. The maximum atomic E-state index is 5.96. The molecule has 0 aliphatic rings. The second-order valence-electron chi connectivity index (χ2n) is 5.35. The molecule has 0 saturated carbocycles. The van der Waals surface area contributed by atoms with Crippen molar-refractivity contribution in [2.75, 3.05) is 18.2 Å². The minimum absolute atomic E-state index is 0.230. The van der Waals surface area contributed by atoms with Crippen molar-refractivity contribution in [1.82, 2.24) is 4.98 Å². The third-order valence-electron chi connectivity index (χ3n) is 3.57. The van der Waals surface area contributed by atoms with Crippen molar-refractivity contribution in [3.63, 3.8) is 0 Å². The monoisotopic (exact) mass is 333 g/mol. The van der Waals surface area contributed by atoms with Crippen molar-refractivity contribution in [1.29, 1.82) is 0 Å². The lowest BCUT2D eigenvalue weighted by atomic mass is 10.1. The molecule has 6 nitrogen and oxygen atoms in total. The Labute approximate surface area is 146 Å². The molecule has 6 heteroatoms. The average Bonchev–Trinajstić information content (AvgIpc) is 2.63. The molecule has 1 aromatic heterocycles. The molecule has 3 rings (SSSR count). The minimum Gasteiger partial charge on any atom is -0.495 e. The molecule has 25 heavy (non-hydrogen) atoms. The molecule has 0 aliphatic heterocycles. The third-order valence-corrected chi connectivity index (χ3v) is 3.57. The number of pyridine rings is 1. The first-order valence-corrected chi connectivity index (χ1v) is 7.72. The van der Waals surface area contributed by atoms with Crippen molar-refractivity contribution >= 4 is 23.2 Å². The Kier molecular flexibility index (Phi) is 4.80. The van der Waals surface area contributed by atoms with Crippen LogP contribution in [0.5, 0.6) is 5.75 Å². The number of aromatic nitrogens is 1. The summed E-state index contributed by atoms with van der Waals surface area (Å²) in [6.07, 6.45) is 1.74. The molecule has 0 amide bonds. The van der Waals surface area contributed by atoms with Gasteiger partial charge in [-0.15, -0.1) is 0 Å². The summed E-state index contributed by atoms with van der Waals surface area (Å²) < 4.78 is 5.27. The van der Waals surface area contributed by atoms with E-state index in [1.54, 1.807) is 19.4 Å². The van der Waals surface area contributed by atoms with Crippen LogP contribution in [0.3, 0.4) is 0 Å². The average molecular weight is 333 g/mol. The topological polar surface area (TPSA) is 98.5 Å². The van der Waals surface area contributed by atoms with E-state index in [4.69, 9.17) is 16.2 Å². The van der Waals surface area contributed by atoms with Crippen molar-refractivity contribution in [2.24, 2.45) is 10.7 Å². The minimum atomic E-state index is 0.230. The predicted octanol–water partition coefficient (Wildman–Crippen LogP) is 3.40. The fourth-order valence-corrected chi connectivity index (χ4v) is 2.38. The first-order chi connectivity index (χ1) is 12.2. The van der Waals surface area contributed by atoms with Crippen LogP contribution in [0.4, 0.5) is 17.2 Å². The zero-order valence-electron chi connectivity index (χ0n) is 13.8. The maximum Gasteiger partial charge on any atom is 0.199 e. The van der Waals surface area contributed by atoms with Crippen LogP contribution in [0.25, 0.3) is 11.1 Å². The van der Waals surface area contributed by atoms with Gasteiger partial charge in [0.05, 0.1) is 12.8 Å². The lowest BCUT2D eigenvalue weighted by molar-refractivity contribution is 0.417. The Morgan fingerprint density at radius 3 is 2.60 bits per heavy atom. The molecule has 0 aliphatic carbocycles. The summed E-state index contributed by atoms with van der Waals surface area (Å²) in [6, 6.07) is 18.8. The number of ether oxygens (including phenoxy) is 1. The van der Waals surface area contributed by atoms with Crippen molar-refractivity contribution < 1.29 is 4.74 Å². The van der Waals surface area contributed by atoms with Crippen LogP contribution in [-0.2, 0) is 0 Å². The molecule has 3 aromatic rings. The van der Waals surface area contributed by atoms with Gasteiger partial charge in [-0.05, 0) is 42.0 Å². The summed E-state index contributed by atoms with van der Waals surface area (Å²) in [5.74, 6) is 1.42. The van der Waals surface area contributed by atoms with Gasteiger partial charge in [0.25, 0.3) is 0 Å². The predicted molar refractivity (Wildman–Crippen MR) is 102 cm³/mol. The van der Waals surface area contributed by atoms with Crippen molar-refractivity contribution in [2.45, 2.75) is 0 Å². The fourth-order valence-electron chi connectivity index (χ4n) is 2.38. The largest absolute Gasteiger partial charge is 0.495 e. The number of benzene rings is 2. The van der Waals surface area contributed by atoms with Gasteiger partial charge in [-0.2, -0.15) is 4.99 Å². The van der Waals surface area contributed by atoms with Crippen LogP contribution in [0, 0.1) is 0 Å². The molecule has 0 fully saturated rings. The summed E-state index contributed by atoms with van der Waals surface area (Å²) >= 11 is 0. The van der Waals surface area contributed by atoms with Gasteiger partial charge in [-0.1, -0.05) is 24.3 Å². The van der Waals surface area contributed by atoms with Crippen LogP contribution >= 0.6 is 0 Å².